The fourth-order valence-corrected chi connectivity index (χ4v) is 3.00. The van der Waals surface area contributed by atoms with Crippen molar-refractivity contribution in [3.63, 3.8) is 0 Å². The van der Waals surface area contributed by atoms with Crippen molar-refractivity contribution in [1.29, 1.82) is 0 Å². The fourth-order valence-electron chi connectivity index (χ4n) is 2.44. The van der Waals surface area contributed by atoms with Crippen molar-refractivity contribution >= 4 is 11.8 Å². The molecule has 2 aliphatic rings. The van der Waals surface area contributed by atoms with Crippen molar-refractivity contribution < 1.29 is 9.47 Å². The average Bonchev–Trinajstić information content (AvgIpc) is 2.87. The van der Waals surface area contributed by atoms with Gasteiger partial charge in [-0.2, -0.15) is 11.8 Å². The Hall–Kier alpha value is -0.870. The van der Waals surface area contributed by atoms with Gasteiger partial charge in [0.2, 0.25) is 0 Å². The number of nitrogens with one attached hydrogen (secondary N) is 1. The summed E-state index contributed by atoms with van der Waals surface area (Å²) in [6, 6.07) is 6.38. The minimum absolute atomic E-state index is 0.364. The molecule has 1 aromatic rings. The third-order valence-corrected chi connectivity index (χ3v) is 4.84. The zero-order chi connectivity index (χ0) is 12.4. The van der Waals surface area contributed by atoms with E-state index in [0.29, 0.717) is 12.0 Å². The molecule has 1 atom stereocenters. The van der Waals surface area contributed by atoms with Crippen LogP contribution >= 0.6 is 11.8 Å². The highest BCUT2D eigenvalue weighted by Crippen LogP contribution is 2.35. The molecule has 2 aliphatic heterocycles. The molecule has 18 heavy (non-hydrogen) atoms. The number of rotatable bonds is 4. The van der Waals surface area contributed by atoms with Crippen molar-refractivity contribution in [1.82, 2.24) is 5.32 Å². The van der Waals surface area contributed by atoms with E-state index in [0.717, 1.165) is 36.1 Å². The molecular weight excluding hydrogens is 246 g/mol. The van der Waals surface area contributed by atoms with Crippen LogP contribution in [0.4, 0.5) is 0 Å². The van der Waals surface area contributed by atoms with Crippen LogP contribution in [0, 0.1) is 0 Å². The lowest BCUT2D eigenvalue weighted by Gasteiger charge is -2.27. The Balaban J connectivity index is 1.77. The van der Waals surface area contributed by atoms with Crippen LogP contribution < -0.4 is 14.8 Å². The Morgan fingerprint density at radius 1 is 1.28 bits per heavy atom. The van der Waals surface area contributed by atoms with Crippen LogP contribution in [0.25, 0.3) is 0 Å². The van der Waals surface area contributed by atoms with Gasteiger partial charge in [0.25, 0.3) is 0 Å². The second-order valence-electron chi connectivity index (χ2n) is 4.88. The summed E-state index contributed by atoms with van der Waals surface area (Å²) >= 11 is 1.93. The van der Waals surface area contributed by atoms with Gasteiger partial charge in [0.05, 0.1) is 7.11 Å². The third kappa shape index (κ3) is 2.45. The Kier molecular flexibility index (Phi) is 3.66. The lowest BCUT2D eigenvalue weighted by atomic mass is 9.98. The molecule has 0 radical (unpaired) electrons. The van der Waals surface area contributed by atoms with Gasteiger partial charge in [-0.3, -0.25) is 0 Å². The second-order valence-corrected chi connectivity index (χ2v) is 5.95. The molecular formula is C14H19NO2S. The summed E-state index contributed by atoms with van der Waals surface area (Å²) in [7, 11) is 1.72. The monoisotopic (exact) mass is 265 g/mol. The topological polar surface area (TPSA) is 30.5 Å². The van der Waals surface area contributed by atoms with Gasteiger partial charge in [-0.05, 0) is 36.6 Å². The summed E-state index contributed by atoms with van der Waals surface area (Å²) in [5, 5.41) is 3.40. The fraction of sp³-hybridized carbons (Fsp3) is 0.571. The van der Waals surface area contributed by atoms with Crippen molar-refractivity contribution in [2.75, 3.05) is 31.7 Å². The molecule has 4 heteroatoms. The smallest absolute Gasteiger partial charge is 0.161 e. The summed E-state index contributed by atoms with van der Waals surface area (Å²) in [5.74, 6) is 4.57. The molecule has 98 valence electrons. The van der Waals surface area contributed by atoms with Gasteiger partial charge in [-0.25, -0.2) is 0 Å². The summed E-state index contributed by atoms with van der Waals surface area (Å²) in [6.45, 7) is 2.19. The number of hydrogen-bond donors (Lipinski definition) is 1. The molecule has 0 bridgehead atoms. The Labute approximate surface area is 112 Å². The Morgan fingerprint density at radius 3 is 2.78 bits per heavy atom. The molecule has 1 aromatic carbocycles. The number of methoxy groups -OCH3 is 1. The summed E-state index contributed by atoms with van der Waals surface area (Å²) in [5.41, 5.74) is 1.35. The molecule has 0 saturated carbocycles. The largest absolute Gasteiger partial charge is 0.493 e. The molecule has 2 fully saturated rings. The number of ether oxygens (including phenoxy) is 2. The minimum atomic E-state index is 0.364. The highest BCUT2D eigenvalue weighted by atomic mass is 32.2. The van der Waals surface area contributed by atoms with E-state index in [-0.39, 0.29) is 0 Å². The Morgan fingerprint density at radius 2 is 2.17 bits per heavy atom. The first kappa shape index (κ1) is 12.2. The molecule has 0 amide bonds. The highest BCUT2D eigenvalue weighted by molar-refractivity contribution is 8.00. The predicted octanol–water partition coefficient (Wildman–Crippen LogP) is 2.27. The minimum Gasteiger partial charge on any atom is -0.493 e. The van der Waals surface area contributed by atoms with Gasteiger partial charge in [0, 0.05) is 18.1 Å². The Bertz CT molecular complexity index is 414. The lowest BCUT2D eigenvalue weighted by molar-refractivity contribution is 0.228. The first-order valence-electron chi connectivity index (χ1n) is 6.50. The van der Waals surface area contributed by atoms with Crippen molar-refractivity contribution in [2.45, 2.75) is 18.4 Å². The van der Waals surface area contributed by atoms with E-state index < -0.39 is 0 Å². The van der Waals surface area contributed by atoms with Crippen LogP contribution in [0.5, 0.6) is 11.5 Å². The molecule has 0 spiro atoms. The molecule has 2 saturated heterocycles. The maximum atomic E-state index is 5.93. The number of benzene rings is 1. The van der Waals surface area contributed by atoms with Gasteiger partial charge in [0.1, 0.15) is 6.10 Å². The molecule has 1 unspecified atom stereocenters. The first-order valence-corrected chi connectivity index (χ1v) is 7.65. The predicted molar refractivity (Wildman–Crippen MR) is 75.0 cm³/mol. The standard InChI is InChI=1S/C14H19NO2S/c1-16-14-6-10(11-4-5-15-7-11)2-3-13(14)17-12-8-18-9-12/h2-3,6,11-12,15H,4-5,7-9H2,1H3. The molecule has 3 nitrogen and oxygen atoms in total. The van der Waals surface area contributed by atoms with Gasteiger partial charge < -0.3 is 14.8 Å². The average molecular weight is 265 g/mol. The number of thioether (sulfide) groups is 1. The normalized spacial score (nSPS) is 23.7. The van der Waals surface area contributed by atoms with Crippen LogP contribution in [0.15, 0.2) is 18.2 Å². The van der Waals surface area contributed by atoms with Crippen LogP contribution in [-0.4, -0.2) is 37.8 Å². The molecule has 0 aromatic heterocycles. The van der Waals surface area contributed by atoms with Gasteiger partial charge >= 0.3 is 0 Å². The van der Waals surface area contributed by atoms with E-state index in [1.54, 1.807) is 7.11 Å². The maximum absolute atomic E-state index is 5.93. The van der Waals surface area contributed by atoms with Crippen molar-refractivity contribution in [2.24, 2.45) is 0 Å². The van der Waals surface area contributed by atoms with Crippen LogP contribution in [-0.2, 0) is 0 Å². The van der Waals surface area contributed by atoms with Crippen LogP contribution in [0.1, 0.15) is 17.9 Å². The molecule has 0 aliphatic carbocycles. The lowest BCUT2D eigenvalue weighted by Crippen LogP contribution is -2.31. The first-order chi connectivity index (χ1) is 8.86. The van der Waals surface area contributed by atoms with Gasteiger partial charge in [-0.15, -0.1) is 0 Å². The van der Waals surface area contributed by atoms with Crippen LogP contribution in [0.2, 0.25) is 0 Å². The SMILES string of the molecule is COc1cc(C2CCNC2)ccc1OC1CSC1. The highest BCUT2D eigenvalue weighted by Gasteiger charge is 2.23. The second kappa shape index (κ2) is 5.41. The third-order valence-electron chi connectivity index (χ3n) is 3.62. The van der Waals surface area contributed by atoms with E-state index in [9.17, 15) is 0 Å². The maximum Gasteiger partial charge on any atom is 0.161 e. The van der Waals surface area contributed by atoms with Gasteiger partial charge in [-0.1, -0.05) is 6.07 Å². The van der Waals surface area contributed by atoms with Gasteiger partial charge in [0.15, 0.2) is 11.5 Å². The van der Waals surface area contributed by atoms with Crippen molar-refractivity contribution in [3.8, 4) is 11.5 Å². The zero-order valence-corrected chi connectivity index (χ0v) is 11.5. The molecule has 1 N–H and O–H groups in total. The summed E-state index contributed by atoms with van der Waals surface area (Å²) in [4.78, 5) is 0. The molecule has 2 heterocycles. The summed E-state index contributed by atoms with van der Waals surface area (Å²) in [6.07, 6.45) is 1.57. The van der Waals surface area contributed by atoms with Crippen LogP contribution in [0.3, 0.4) is 0 Å². The molecule has 3 rings (SSSR count). The van der Waals surface area contributed by atoms with E-state index in [1.807, 2.05) is 11.8 Å². The number of hydrogen-bond acceptors (Lipinski definition) is 4. The van der Waals surface area contributed by atoms with E-state index in [1.165, 1.54) is 12.0 Å². The van der Waals surface area contributed by atoms with E-state index in [4.69, 9.17) is 9.47 Å². The summed E-state index contributed by atoms with van der Waals surface area (Å²) < 4.78 is 11.4. The van der Waals surface area contributed by atoms with E-state index >= 15 is 0 Å². The quantitative estimate of drug-likeness (QED) is 0.904. The zero-order valence-electron chi connectivity index (χ0n) is 10.6. The van der Waals surface area contributed by atoms with E-state index in [2.05, 4.69) is 23.5 Å². The van der Waals surface area contributed by atoms with Crippen molar-refractivity contribution in [3.05, 3.63) is 23.8 Å².